The van der Waals surface area contributed by atoms with E-state index in [2.05, 4.69) is 24.3 Å². The zero-order valence-corrected chi connectivity index (χ0v) is 12.4. The molecule has 0 bridgehead atoms. The summed E-state index contributed by atoms with van der Waals surface area (Å²) in [6.07, 6.45) is 0. The van der Waals surface area contributed by atoms with E-state index in [9.17, 15) is 5.11 Å². The molecule has 1 nitrogen and oxygen atoms in total. The Morgan fingerprint density at radius 1 is 0.619 bits per heavy atom. The Bertz CT molecular complexity index is 683. The fourth-order valence-corrected chi connectivity index (χ4v) is 3.03. The van der Waals surface area contributed by atoms with E-state index in [1.165, 1.54) is 0 Å². The zero-order chi connectivity index (χ0) is 14.7. The summed E-state index contributed by atoms with van der Waals surface area (Å²) in [6.45, 7) is 0. The maximum absolute atomic E-state index is 9.84. The maximum Gasteiger partial charge on any atom is 0.115 e. The summed E-state index contributed by atoms with van der Waals surface area (Å²) in [5.74, 6) is 0.248. The Morgan fingerprint density at radius 3 is 1.57 bits per heavy atom. The van der Waals surface area contributed by atoms with Crippen LogP contribution in [0.5, 0.6) is 5.75 Å². The molecule has 3 rings (SSSR count). The van der Waals surface area contributed by atoms with Crippen LogP contribution in [0, 0.1) is 0 Å². The smallest absolute Gasteiger partial charge is 0.115 e. The minimum atomic E-state index is -0.596. The molecular formula is C19H16OS. The van der Waals surface area contributed by atoms with E-state index in [1.807, 2.05) is 48.5 Å². The number of rotatable bonds is 3. The summed E-state index contributed by atoms with van der Waals surface area (Å²) < 4.78 is -0.596. The van der Waals surface area contributed by atoms with Crippen molar-refractivity contribution < 1.29 is 5.11 Å². The van der Waals surface area contributed by atoms with Crippen molar-refractivity contribution in [3.8, 4) is 5.75 Å². The highest BCUT2D eigenvalue weighted by atomic mass is 32.1. The molecule has 3 aromatic carbocycles. The van der Waals surface area contributed by atoms with Crippen LogP contribution in [0.1, 0.15) is 16.7 Å². The summed E-state index contributed by atoms with van der Waals surface area (Å²) in [7, 11) is 0. The summed E-state index contributed by atoms with van der Waals surface area (Å²) in [5, 5.41) is 9.84. The van der Waals surface area contributed by atoms with Crippen LogP contribution < -0.4 is 0 Å². The number of phenolic OH excluding ortho intramolecular Hbond substituents is 1. The highest BCUT2D eigenvalue weighted by molar-refractivity contribution is 7.81. The molecule has 0 unspecified atom stereocenters. The van der Waals surface area contributed by atoms with Gasteiger partial charge in [0.2, 0.25) is 0 Å². The largest absolute Gasteiger partial charge is 0.508 e. The van der Waals surface area contributed by atoms with Crippen molar-refractivity contribution in [3.05, 3.63) is 102 Å². The van der Waals surface area contributed by atoms with Gasteiger partial charge in [-0.05, 0) is 28.8 Å². The van der Waals surface area contributed by atoms with Gasteiger partial charge in [0, 0.05) is 0 Å². The lowest BCUT2D eigenvalue weighted by atomic mass is 9.84. The van der Waals surface area contributed by atoms with Gasteiger partial charge in [-0.1, -0.05) is 72.8 Å². The van der Waals surface area contributed by atoms with E-state index >= 15 is 0 Å². The van der Waals surface area contributed by atoms with Gasteiger partial charge in [0.25, 0.3) is 0 Å². The molecule has 0 saturated heterocycles. The molecule has 0 aliphatic rings. The molecule has 0 amide bonds. The first-order valence-electron chi connectivity index (χ1n) is 6.84. The molecule has 0 saturated carbocycles. The molecule has 0 aliphatic carbocycles. The third kappa shape index (κ3) is 2.55. The molecule has 21 heavy (non-hydrogen) atoms. The molecule has 3 aromatic rings. The lowest BCUT2D eigenvalue weighted by Crippen LogP contribution is -2.22. The van der Waals surface area contributed by atoms with Crippen molar-refractivity contribution in [1.82, 2.24) is 0 Å². The standard InChI is InChI=1S/C19H16OS/c20-18-13-7-12-17(14-18)19(21,15-8-3-1-4-9-15)16-10-5-2-6-11-16/h1-14,20-21H. The lowest BCUT2D eigenvalue weighted by molar-refractivity contribution is 0.474. The maximum atomic E-state index is 9.84. The number of aromatic hydroxyl groups is 1. The molecular weight excluding hydrogens is 276 g/mol. The summed E-state index contributed by atoms with van der Waals surface area (Å²) in [6, 6.07) is 27.5. The van der Waals surface area contributed by atoms with E-state index in [0.29, 0.717) is 0 Å². The average molecular weight is 292 g/mol. The molecule has 0 atom stereocenters. The van der Waals surface area contributed by atoms with Gasteiger partial charge in [-0.3, -0.25) is 0 Å². The quantitative estimate of drug-likeness (QED) is 0.533. The third-order valence-electron chi connectivity index (χ3n) is 3.65. The van der Waals surface area contributed by atoms with Gasteiger partial charge in [-0.25, -0.2) is 0 Å². The van der Waals surface area contributed by atoms with Gasteiger partial charge in [0.1, 0.15) is 5.75 Å². The van der Waals surface area contributed by atoms with Crippen molar-refractivity contribution in [1.29, 1.82) is 0 Å². The van der Waals surface area contributed by atoms with Crippen molar-refractivity contribution in [3.63, 3.8) is 0 Å². The summed E-state index contributed by atoms with van der Waals surface area (Å²) in [5.41, 5.74) is 3.10. The van der Waals surface area contributed by atoms with Crippen LogP contribution in [0.4, 0.5) is 0 Å². The molecule has 0 fully saturated rings. The van der Waals surface area contributed by atoms with Crippen LogP contribution in [0.2, 0.25) is 0 Å². The van der Waals surface area contributed by atoms with Crippen LogP contribution in [0.3, 0.4) is 0 Å². The lowest BCUT2D eigenvalue weighted by Gasteiger charge is -2.30. The normalized spacial score (nSPS) is 11.3. The fourth-order valence-electron chi connectivity index (χ4n) is 2.59. The van der Waals surface area contributed by atoms with Crippen molar-refractivity contribution in [2.75, 3.05) is 0 Å². The Morgan fingerprint density at radius 2 is 1.10 bits per heavy atom. The van der Waals surface area contributed by atoms with Gasteiger partial charge in [-0.2, -0.15) is 12.6 Å². The van der Waals surface area contributed by atoms with E-state index in [1.54, 1.807) is 12.1 Å². The van der Waals surface area contributed by atoms with Gasteiger partial charge >= 0.3 is 0 Å². The number of benzene rings is 3. The molecule has 1 N–H and O–H groups in total. The highest BCUT2D eigenvalue weighted by Gasteiger charge is 2.32. The van der Waals surface area contributed by atoms with Crippen LogP contribution in [-0.4, -0.2) is 5.11 Å². The zero-order valence-electron chi connectivity index (χ0n) is 11.5. The molecule has 0 spiro atoms. The van der Waals surface area contributed by atoms with Crippen LogP contribution in [0.25, 0.3) is 0 Å². The van der Waals surface area contributed by atoms with Crippen LogP contribution >= 0.6 is 12.6 Å². The second-order valence-electron chi connectivity index (χ2n) is 4.99. The molecule has 0 aliphatic heterocycles. The van der Waals surface area contributed by atoms with Crippen molar-refractivity contribution in [2.45, 2.75) is 4.75 Å². The molecule has 104 valence electrons. The van der Waals surface area contributed by atoms with Gasteiger partial charge in [0.15, 0.2) is 0 Å². The van der Waals surface area contributed by atoms with Gasteiger partial charge in [-0.15, -0.1) is 0 Å². The Balaban J connectivity index is 2.25. The monoisotopic (exact) mass is 292 g/mol. The van der Waals surface area contributed by atoms with Crippen LogP contribution in [-0.2, 0) is 4.75 Å². The molecule has 0 heterocycles. The number of hydrogen-bond acceptors (Lipinski definition) is 2. The minimum absolute atomic E-state index is 0.248. The SMILES string of the molecule is Oc1cccc(C(S)(c2ccccc2)c2ccccc2)c1. The summed E-state index contributed by atoms with van der Waals surface area (Å²) in [4.78, 5) is 0. The molecule has 2 heteroatoms. The van der Waals surface area contributed by atoms with Gasteiger partial charge in [0.05, 0.1) is 4.75 Å². The van der Waals surface area contributed by atoms with E-state index in [0.717, 1.165) is 16.7 Å². The van der Waals surface area contributed by atoms with E-state index in [-0.39, 0.29) is 5.75 Å². The predicted molar refractivity (Wildman–Crippen MR) is 89.9 cm³/mol. The number of hydrogen-bond donors (Lipinski definition) is 2. The predicted octanol–water partition coefficient (Wildman–Crippen LogP) is 4.61. The second-order valence-corrected chi connectivity index (χ2v) is 5.66. The van der Waals surface area contributed by atoms with Crippen molar-refractivity contribution >= 4 is 12.6 Å². The summed E-state index contributed by atoms with van der Waals surface area (Å²) >= 11 is 5.02. The van der Waals surface area contributed by atoms with Crippen LogP contribution in [0.15, 0.2) is 84.9 Å². The molecule has 0 aromatic heterocycles. The first kappa shape index (κ1) is 13.8. The fraction of sp³-hybridized carbons (Fsp3) is 0.0526. The van der Waals surface area contributed by atoms with Gasteiger partial charge < -0.3 is 5.11 Å². The number of phenols is 1. The molecule has 0 radical (unpaired) electrons. The number of thiol groups is 1. The van der Waals surface area contributed by atoms with E-state index < -0.39 is 4.75 Å². The Labute approximate surface area is 130 Å². The van der Waals surface area contributed by atoms with Crippen molar-refractivity contribution in [2.24, 2.45) is 0 Å². The first-order chi connectivity index (χ1) is 10.2. The Kier molecular flexibility index (Phi) is 3.72. The Hall–Kier alpha value is -2.19. The van der Waals surface area contributed by atoms with E-state index in [4.69, 9.17) is 12.6 Å². The first-order valence-corrected chi connectivity index (χ1v) is 7.29. The average Bonchev–Trinajstić information content (AvgIpc) is 2.56. The third-order valence-corrected chi connectivity index (χ3v) is 4.42. The second kappa shape index (κ2) is 5.66. The highest BCUT2D eigenvalue weighted by Crippen LogP contribution is 2.43. The minimum Gasteiger partial charge on any atom is -0.508 e. The topological polar surface area (TPSA) is 20.2 Å².